The Labute approximate surface area is 122 Å². The van der Waals surface area contributed by atoms with Gasteiger partial charge in [0.1, 0.15) is 0 Å². The number of nitrogens with two attached hydrogens (primary N) is 1. The van der Waals surface area contributed by atoms with Gasteiger partial charge >= 0.3 is 6.18 Å². The summed E-state index contributed by atoms with van der Waals surface area (Å²) in [6.45, 7) is 2.27. The van der Waals surface area contributed by atoms with Gasteiger partial charge in [0.05, 0.1) is 5.56 Å². The fourth-order valence-corrected chi connectivity index (χ4v) is 2.02. The van der Waals surface area contributed by atoms with E-state index in [-0.39, 0.29) is 12.4 Å². The first-order valence-electron chi connectivity index (χ1n) is 5.88. The highest BCUT2D eigenvalue weighted by Crippen LogP contribution is 2.32. The Morgan fingerprint density at radius 2 is 1.70 bits per heavy atom. The molecule has 108 valence electrons. The topological polar surface area (TPSA) is 26.0 Å². The number of hydrogen-bond acceptors (Lipinski definition) is 1. The van der Waals surface area contributed by atoms with E-state index in [2.05, 4.69) is 0 Å². The van der Waals surface area contributed by atoms with Crippen LogP contribution in [0.4, 0.5) is 13.2 Å². The Morgan fingerprint density at radius 3 is 2.30 bits per heavy atom. The van der Waals surface area contributed by atoms with Crippen LogP contribution in [0.25, 0.3) is 11.1 Å². The lowest BCUT2D eigenvalue weighted by molar-refractivity contribution is -0.137. The maximum Gasteiger partial charge on any atom is 0.416 e. The Hall–Kier alpha value is -1.52. The van der Waals surface area contributed by atoms with Crippen molar-refractivity contribution in [2.75, 3.05) is 0 Å². The summed E-state index contributed by atoms with van der Waals surface area (Å²) in [6, 6.07) is 10.9. The first-order chi connectivity index (χ1) is 8.90. The van der Waals surface area contributed by atoms with Crippen molar-refractivity contribution in [1.29, 1.82) is 0 Å². The standard InChI is InChI=1S/C15H14F3N.ClH/c1-10-5-11(9-19)7-13(6-10)12-3-2-4-14(8-12)15(16,17)18;/h2-8H,9,19H2,1H3;1H. The smallest absolute Gasteiger partial charge is 0.326 e. The van der Waals surface area contributed by atoms with Gasteiger partial charge in [0.2, 0.25) is 0 Å². The summed E-state index contributed by atoms with van der Waals surface area (Å²) in [5, 5.41) is 0. The van der Waals surface area contributed by atoms with Crippen LogP contribution in [0, 0.1) is 6.92 Å². The molecule has 0 bridgehead atoms. The molecule has 0 aliphatic rings. The van der Waals surface area contributed by atoms with Crippen molar-refractivity contribution in [2.24, 2.45) is 5.73 Å². The first kappa shape index (κ1) is 16.5. The zero-order valence-electron chi connectivity index (χ0n) is 10.9. The van der Waals surface area contributed by atoms with Gasteiger partial charge in [-0.2, -0.15) is 13.2 Å². The molecule has 2 aromatic carbocycles. The van der Waals surface area contributed by atoms with Gasteiger partial charge in [0.25, 0.3) is 0 Å². The third-order valence-electron chi connectivity index (χ3n) is 2.90. The summed E-state index contributed by atoms with van der Waals surface area (Å²) < 4.78 is 38.1. The fraction of sp³-hybridized carbons (Fsp3) is 0.200. The number of rotatable bonds is 2. The molecule has 0 aromatic heterocycles. The molecule has 0 aliphatic carbocycles. The zero-order valence-corrected chi connectivity index (χ0v) is 11.7. The lowest BCUT2D eigenvalue weighted by Gasteiger charge is -2.10. The van der Waals surface area contributed by atoms with Crippen LogP contribution in [0.5, 0.6) is 0 Å². The molecule has 2 aromatic rings. The molecule has 0 aliphatic heterocycles. The van der Waals surface area contributed by atoms with Gasteiger partial charge in [-0.25, -0.2) is 0 Å². The van der Waals surface area contributed by atoms with E-state index in [1.165, 1.54) is 6.07 Å². The molecule has 1 nitrogen and oxygen atoms in total. The van der Waals surface area contributed by atoms with Gasteiger partial charge in [-0.1, -0.05) is 29.8 Å². The molecular formula is C15H15ClF3N. The van der Waals surface area contributed by atoms with E-state index >= 15 is 0 Å². The highest BCUT2D eigenvalue weighted by Gasteiger charge is 2.30. The van der Waals surface area contributed by atoms with E-state index in [1.54, 1.807) is 6.07 Å². The predicted octanol–water partition coefficient (Wildman–Crippen LogP) is 4.56. The van der Waals surface area contributed by atoms with Gasteiger partial charge in [0, 0.05) is 6.54 Å². The Bertz CT molecular complexity index is 594. The molecular weight excluding hydrogens is 287 g/mol. The number of halogens is 4. The molecule has 5 heteroatoms. The normalized spacial score (nSPS) is 11.1. The minimum absolute atomic E-state index is 0. The number of benzene rings is 2. The van der Waals surface area contributed by atoms with E-state index in [4.69, 9.17) is 5.73 Å². The highest BCUT2D eigenvalue weighted by molar-refractivity contribution is 5.85. The zero-order chi connectivity index (χ0) is 14.0. The number of alkyl halides is 3. The van der Waals surface area contributed by atoms with Gasteiger partial charge in [-0.05, 0) is 41.8 Å². The van der Waals surface area contributed by atoms with Crippen molar-refractivity contribution in [3.8, 4) is 11.1 Å². The Balaban J connectivity index is 0.00000200. The molecule has 0 saturated heterocycles. The van der Waals surface area contributed by atoms with Crippen molar-refractivity contribution in [2.45, 2.75) is 19.6 Å². The van der Waals surface area contributed by atoms with E-state index in [9.17, 15) is 13.2 Å². The van der Waals surface area contributed by atoms with Crippen LogP contribution in [-0.2, 0) is 12.7 Å². The first-order valence-corrected chi connectivity index (χ1v) is 5.88. The van der Waals surface area contributed by atoms with Crippen LogP contribution < -0.4 is 5.73 Å². The van der Waals surface area contributed by atoms with Gasteiger partial charge in [0.15, 0.2) is 0 Å². The Kier molecular flexibility index (Phi) is 5.20. The quantitative estimate of drug-likeness (QED) is 0.864. The molecule has 0 fully saturated rings. The fourth-order valence-electron chi connectivity index (χ4n) is 2.02. The van der Waals surface area contributed by atoms with Crippen LogP contribution >= 0.6 is 12.4 Å². The second-order valence-electron chi connectivity index (χ2n) is 4.49. The second-order valence-corrected chi connectivity index (χ2v) is 4.49. The molecule has 0 spiro atoms. The van der Waals surface area contributed by atoms with Crippen molar-refractivity contribution >= 4 is 12.4 Å². The van der Waals surface area contributed by atoms with Gasteiger partial charge in [-0.3, -0.25) is 0 Å². The second kappa shape index (κ2) is 6.29. The van der Waals surface area contributed by atoms with Crippen molar-refractivity contribution in [3.63, 3.8) is 0 Å². The molecule has 0 amide bonds. The van der Waals surface area contributed by atoms with E-state index < -0.39 is 11.7 Å². The van der Waals surface area contributed by atoms with Crippen LogP contribution in [0.3, 0.4) is 0 Å². The number of aryl methyl sites for hydroxylation is 1. The number of hydrogen-bond donors (Lipinski definition) is 1. The maximum atomic E-state index is 12.7. The van der Waals surface area contributed by atoms with Crippen LogP contribution in [-0.4, -0.2) is 0 Å². The summed E-state index contributed by atoms with van der Waals surface area (Å²) in [6.07, 6.45) is -4.32. The van der Waals surface area contributed by atoms with Crippen molar-refractivity contribution in [3.05, 3.63) is 59.2 Å². The molecule has 0 atom stereocenters. The summed E-state index contributed by atoms with van der Waals surface area (Å²) >= 11 is 0. The van der Waals surface area contributed by atoms with Crippen LogP contribution in [0.15, 0.2) is 42.5 Å². The third-order valence-corrected chi connectivity index (χ3v) is 2.90. The molecule has 2 rings (SSSR count). The van der Waals surface area contributed by atoms with Gasteiger partial charge < -0.3 is 5.73 Å². The molecule has 0 unspecified atom stereocenters. The highest BCUT2D eigenvalue weighted by atomic mass is 35.5. The summed E-state index contributed by atoms with van der Waals surface area (Å²) in [7, 11) is 0. The van der Waals surface area contributed by atoms with Crippen molar-refractivity contribution in [1.82, 2.24) is 0 Å². The minimum atomic E-state index is -4.32. The average Bonchev–Trinajstić information content (AvgIpc) is 2.37. The Morgan fingerprint density at radius 1 is 1.00 bits per heavy atom. The van der Waals surface area contributed by atoms with E-state index in [1.807, 2.05) is 25.1 Å². The summed E-state index contributed by atoms with van der Waals surface area (Å²) in [5.74, 6) is 0. The monoisotopic (exact) mass is 301 g/mol. The van der Waals surface area contributed by atoms with E-state index in [0.717, 1.165) is 28.8 Å². The average molecular weight is 302 g/mol. The lowest BCUT2D eigenvalue weighted by atomic mass is 9.98. The molecule has 20 heavy (non-hydrogen) atoms. The summed E-state index contributed by atoms with van der Waals surface area (Å²) in [5.41, 5.74) is 8.14. The SMILES string of the molecule is Cc1cc(CN)cc(-c2cccc(C(F)(F)F)c2)c1.Cl. The molecule has 0 radical (unpaired) electrons. The molecule has 0 heterocycles. The summed E-state index contributed by atoms with van der Waals surface area (Å²) in [4.78, 5) is 0. The molecule has 2 N–H and O–H groups in total. The van der Waals surface area contributed by atoms with Crippen molar-refractivity contribution < 1.29 is 13.2 Å². The largest absolute Gasteiger partial charge is 0.416 e. The van der Waals surface area contributed by atoms with Crippen LogP contribution in [0.1, 0.15) is 16.7 Å². The minimum Gasteiger partial charge on any atom is -0.326 e. The van der Waals surface area contributed by atoms with Crippen LogP contribution in [0.2, 0.25) is 0 Å². The van der Waals surface area contributed by atoms with E-state index in [0.29, 0.717) is 12.1 Å². The maximum absolute atomic E-state index is 12.7. The predicted molar refractivity (Wildman–Crippen MR) is 76.8 cm³/mol. The van der Waals surface area contributed by atoms with Gasteiger partial charge in [-0.15, -0.1) is 12.4 Å². The third kappa shape index (κ3) is 3.74. The lowest BCUT2D eigenvalue weighted by Crippen LogP contribution is -2.04. The molecule has 0 saturated carbocycles.